The third kappa shape index (κ3) is 1.58. The summed E-state index contributed by atoms with van der Waals surface area (Å²) in [5.74, 6) is 1.12. The van der Waals surface area contributed by atoms with Crippen LogP contribution in [-0.4, -0.2) is 4.98 Å². The molecular formula is C11H14FN. The standard InChI is InChI=1S/C11H14FN/c1-7(2)8-3-9-4-10(12)6-13-11(9)5-8/h4,6-8H,3,5H2,1-2H3. The normalized spacial score (nSPS) is 20.8. The summed E-state index contributed by atoms with van der Waals surface area (Å²) >= 11 is 0. The molecule has 0 fully saturated rings. The maximum atomic E-state index is 12.8. The Morgan fingerprint density at radius 3 is 2.92 bits per heavy atom. The van der Waals surface area contributed by atoms with Crippen molar-refractivity contribution < 1.29 is 4.39 Å². The van der Waals surface area contributed by atoms with E-state index >= 15 is 0 Å². The van der Waals surface area contributed by atoms with E-state index in [4.69, 9.17) is 0 Å². The highest BCUT2D eigenvalue weighted by Gasteiger charge is 2.24. The van der Waals surface area contributed by atoms with Crippen LogP contribution in [0.5, 0.6) is 0 Å². The predicted octanol–water partition coefficient (Wildman–Crippen LogP) is 2.59. The molecule has 0 saturated carbocycles. The number of nitrogens with zero attached hydrogens (tertiary/aromatic N) is 1. The van der Waals surface area contributed by atoms with E-state index in [1.54, 1.807) is 6.07 Å². The summed E-state index contributed by atoms with van der Waals surface area (Å²) in [6.07, 6.45) is 3.34. The molecule has 0 spiro atoms. The van der Waals surface area contributed by atoms with Crippen LogP contribution >= 0.6 is 0 Å². The van der Waals surface area contributed by atoms with Gasteiger partial charge in [0.15, 0.2) is 0 Å². The molecule has 0 radical (unpaired) electrons. The molecule has 1 aromatic rings. The van der Waals surface area contributed by atoms with Gasteiger partial charge in [-0.3, -0.25) is 4.98 Å². The van der Waals surface area contributed by atoms with Gasteiger partial charge >= 0.3 is 0 Å². The summed E-state index contributed by atoms with van der Waals surface area (Å²) in [5.41, 5.74) is 2.21. The van der Waals surface area contributed by atoms with E-state index in [-0.39, 0.29) is 5.82 Å². The molecule has 0 amide bonds. The second-order valence-electron chi connectivity index (χ2n) is 4.17. The van der Waals surface area contributed by atoms with Gasteiger partial charge < -0.3 is 0 Å². The van der Waals surface area contributed by atoms with E-state index in [9.17, 15) is 4.39 Å². The van der Waals surface area contributed by atoms with Crippen LogP contribution < -0.4 is 0 Å². The highest BCUT2D eigenvalue weighted by molar-refractivity contribution is 5.26. The highest BCUT2D eigenvalue weighted by Crippen LogP contribution is 2.30. The molecule has 2 heteroatoms. The molecule has 13 heavy (non-hydrogen) atoms. The van der Waals surface area contributed by atoms with E-state index in [2.05, 4.69) is 18.8 Å². The lowest BCUT2D eigenvalue weighted by Gasteiger charge is -2.11. The lowest BCUT2D eigenvalue weighted by Crippen LogP contribution is -2.07. The maximum absolute atomic E-state index is 12.8. The molecule has 1 nitrogen and oxygen atoms in total. The van der Waals surface area contributed by atoms with Crippen molar-refractivity contribution >= 4 is 0 Å². The number of pyridine rings is 1. The number of halogens is 1. The second kappa shape index (κ2) is 3.09. The molecule has 1 heterocycles. The number of hydrogen-bond donors (Lipinski definition) is 0. The molecule has 1 aliphatic rings. The van der Waals surface area contributed by atoms with Gasteiger partial charge in [0.1, 0.15) is 5.82 Å². The van der Waals surface area contributed by atoms with Crippen molar-refractivity contribution in [1.29, 1.82) is 0 Å². The maximum Gasteiger partial charge on any atom is 0.141 e. The van der Waals surface area contributed by atoms with Crippen LogP contribution in [0.1, 0.15) is 25.1 Å². The quantitative estimate of drug-likeness (QED) is 0.645. The van der Waals surface area contributed by atoms with Gasteiger partial charge in [-0.1, -0.05) is 13.8 Å². The fraction of sp³-hybridized carbons (Fsp3) is 0.545. The van der Waals surface area contributed by atoms with Crippen molar-refractivity contribution in [2.45, 2.75) is 26.7 Å². The lowest BCUT2D eigenvalue weighted by atomic mass is 9.93. The molecule has 0 aliphatic heterocycles. The zero-order valence-corrected chi connectivity index (χ0v) is 8.05. The minimum absolute atomic E-state index is 0.205. The smallest absolute Gasteiger partial charge is 0.141 e. The van der Waals surface area contributed by atoms with Crippen molar-refractivity contribution in [1.82, 2.24) is 4.98 Å². The third-order valence-electron chi connectivity index (χ3n) is 2.91. The van der Waals surface area contributed by atoms with Crippen molar-refractivity contribution in [3.05, 3.63) is 29.3 Å². The Bertz CT molecular complexity index is 320. The summed E-state index contributed by atoms with van der Waals surface area (Å²) in [5, 5.41) is 0. The van der Waals surface area contributed by atoms with Crippen LogP contribution in [0.15, 0.2) is 12.3 Å². The average Bonchev–Trinajstić information content (AvgIpc) is 2.46. The van der Waals surface area contributed by atoms with Gasteiger partial charge in [-0.2, -0.15) is 0 Å². The average molecular weight is 179 g/mol. The van der Waals surface area contributed by atoms with Gasteiger partial charge in [0.2, 0.25) is 0 Å². The van der Waals surface area contributed by atoms with E-state index in [0.29, 0.717) is 11.8 Å². The molecule has 1 aromatic heterocycles. The Hall–Kier alpha value is -0.920. The zero-order chi connectivity index (χ0) is 9.42. The zero-order valence-electron chi connectivity index (χ0n) is 8.05. The molecular weight excluding hydrogens is 165 g/mol. The van der Waals surface area contributed by atoms with Crippen LogP contribution in [0.25, 0.3) is 0 Å². The van der Waals surface area contributed by atoms with Crippen molar-refractivity contribution in [2.75, 3.05) is 0 Å². The largest absolute Gasteiger partial charge is 0.258 e. The monoisotopic (exact) mass is 179 g/mol. The van der Waals surface area contributed by atoms with Crippen molar-refractivity contribution in [2.24, 2.45) is 11.8 Å². The fourth-order valence-electron chi connectivity index (χ4n) is 1.94. The second-order valence-corrected chi connectivity index (χ2v) is 4.17. The van der Waals surface area contributed by atoms with Crippen LogP contribution in [0.2, 0.25) is 0 Å². The molecule has 70 valence electrons. The van der Waals surface area contributed by atoms with E-state index < -0.39 is 0 Å². The summed E-state index contributed by atoms with van der Waals surface area (Å²) in [6, 6.07) is 1.63. The van der Waals surface area contributed by atoms with Crippen LogP contribution in [0.3, 0.4) is 0 Å². The van der Waals surface area contributed by atoms with Crippen LogP contribution in [0, 0.1) is 17.7 Å². The first-order chi connectivity index (χ1) is 6.16. The highest BCUT2D eigenvalue weighted by atomic mass is 19.1. The summed E-state index contributed by atoms with van der Waals surface area (Å²) in [6.45, 7) is 4.43. The lowest BCUT2D eigenvalue weighted by molar-refractivity contribution is 0.402. The topological polar surface area (TPSA) is 12.9 Å². The van der Waals surface area contributed by atoms with E-state index in [0.717, 1.165) is 24.1 Å². The fourth-order valence-corrected chi connectivity index (χ4v) is 1.94. The van der Waals surface area contributed by atoms with Crippen LogP contribution in [-0.2, 0) is 12.8 Å². The first kappa shape index (κ1) is 8.67. The van der Waals surface area contributed by atoms with E-state index in [1.165, 1.54) is 6.20 Å². The summed E-state index contributed by atoms with van der Waals surface area (Å²) < 4.78 is 12.8. The Morgan fingerprint density at radius 2 is 2.23 bits per heavy atom. The third-order valence-corrected chi connectivity index (χ3v) is 2.91. The Morgan fingerprint density at radius 1 is 1.46 bits per heavy atom. The van der Waals surface area contributed by atoms with Crippen molar-refractivity contribution in [3.63, 3.8) is 0 Å². The van der Waals surface area contributed by atoms with Gasteiger partial charge in [0.25, 0.3) is 0 Å². The first-order valence-corrected chi connectivity index (χ1v) is 4.80. The SMILES string of the molecule is CC(C)C1Cc2cc(F)cnc2C1. The van der Waals surface area contributed by atoms with Gasteiger partial charge in [0.05, 0.1) is 6.20 Å². The number of rotatable bonds is 1. The molecule has 0 bridgehead atoms. The number of hydrogen-bond acceptors (Lipinski definition) is 1. The Labute approximate surface area is 78.0 Å². The molecule has 0 saturated heterocycles. The van der Waals surface area contributed by atoms with Gasteiger partial charge in [-0.05, 0) is 36.3 Å². The minimum atomic E-state index is -0.205. The molecule has 1 unspecified atom stereocenters. The van der Waals surface area contributed by atoms with Gasteiger partial charge in [-0.15, -0.1) is 0 Å². The number of aromatic nitrogens is 1. The number of fused-ring (bicyclic) bond motifs is 1. The molecule has 0 N–H and O–H groups in total. The van der Waals surface area contributed by atoms with Gasteiger partial charge in [0, 0.05) is 5.69 Å². The van der Waals surface area contributed by atoms with Crippen LogP contribution in [0.4, 0.5) is 4.39 Å². The van der Waals surface area contributed by atoms with Crippen molar-refractivity contribution in [3.8, 4) is 0 Å². The Balaban J connectivity index is 2.25. The first-order valence-electron chi connectivity index (χ1n) is 4.80. The summed E-state index contributed by atoms with van der Waals surface area (Å²) in [4.78, 5) is 4.12. The predicted molar refractivity (Wildman–Crippen MR) is 49.9 cm³/mol. The summed E-state index contributed by atoms with van der Waals surface area (Å²) in [7, 11) is 0. The van der Waals surface area contributed by atoms with Gasteiger partial charge in [-0.25, -0.2) is 4.39 Å². The minimum Gasteiger partial charge on any atom is -0.258 e. The molecule has 1 aliphatic carbocycles. The molecule has 0 aromatic carbocycles. The molecule has 2 rings (SSSR count). The van der Waals surface area contributed by atoms with E-state index in [1.807, 2.05) is 0 Å². The Kier molecular flexibility index (Phi) is 2.06. The molecule has 1 atom stereocenters.